The molecule has 0 atom stereocenters. The van der Waals surface area contributed by atoms with E-state index in [0.29, 0.717) is 0 Å². The first-order valence-corrected chi connectivity index (χ1v) is 5.82. The summed E-state index contributed by atoms with van der Waals surface area (Å²) >= 11 is 0. The van der Waals surface area contributed by atoms with Gasteiger partial charge < -0.3 is 5.73 Å². The molecule has 0 spiro atoms. The number of hydrogen-bond acceptors (Lipinski definition) is 1. The van der Waals surface area contributed by atoms with Crippen LogP contribution in [0.3, 0.4) is 0 Å². The maximum Gasteiger partial charge on any atom is 0.0406 e. The summed E-state index contributed by atoms with van der Waals surface area (Å²) in [5.74, 6) is 6.42. The Kier molecular flexibility index (Phi) is 2.34. The molecular formula is C16H13N. The van der Waals surface area contributed by atoms with Gasteiger partial charge in [0.15, 0.2) is 0 Å². The zero-order valence-electron chi connectivity index (χ0n) is 9.53. The summed E-state index contributed by atoms with van der Waals surface area (Å²) in [6.45, 7) is 0. The summed E-state index contributed by atoms with van der Waals surface area (Å²) in [5.41, 5.74) is 11.6. The van der Waals surface area contributed by atoms with E-state index in [2.05, 4.69) is 36.1 Å². The lowest BCUT2D eigenvalue weighted by atomic mass is 9.91. The van der Waals surface area contributed by atoms with Gasteiger partial charge in [0.1, 0.15) is 0 Å². The van der Waals surface area contributed by atoms with E-state index in [4.69, 9.17) is 5.73 Å². The minimum Gasteiger partial charge on any atom is -0.398 e. The zero-order valence-corrected chi connectivity index (χ0v) is 9.53. The fourth-order valence-corrected chi connectivity index (χ4v) is 2.31. The van der Waals surface area contributed by atoms with Gasteiger partial charge in [0.25, 0.3) is 0 Å². The van der Waals surface area contributed by atoms with Crippen molar-refractivity contribution in [2.75, 3.05) is 5.73 Å². The second kappa shape index (κ2) is 3.99. The number of fused-ring (bicyclic) bond motifs is 3. The largest absolute Gasteiger partial charge is 0.398 e. The molecule has 0 saturated carbocycles. The summed E-state index contributed by atoms with van der Waals surface area (Å²) in [6.07, 6.45) is 1.90. The number of nitrogens with two attached hydrogens (primary N) is 1. The maximum atomic E-state index is 6.11. The van der Waals surface area contributed by atoms with Gasteiger partial charge in [-0.1, -0.05) is 42.2 Å². The SMILES string of the molecule is Nc1cccc2c1-c1ccccc1CCC#C2. The summed E-state index contributed by atoms with van der Waals surface area (Å²) in [4.78, 5) is 0. The number of rotatable bonds is 0. The van der Waals surface area contributed by atoms with Gasteiger partial charge in [-0.25, -0.2) is 0 Å². The number of hydrogen-bond donors (Lipinski definition) is 1. The fourth-order valence-electron chi connectivity index (χ4n) is 2.31. The zero-order chi connectivity index (χ0) is 11.7. The van der Waals surface area contributed by atoms with Crippen molar-refractivity contribution >= 4 is 5.69 Å². The highest BCUT2D eigenvalue weighted by molar-refractivity contribution is 5.84. The highest BCUT2D eigenvalue weighted by atomic mass is 14.6. The first-order valence-electron chi connectivity index (χ1n) is 5.82. The summed E-state index contributed by atoms with van der Waals surface area (Å²) in [6, 6.07) is 14.4. The Bertz CT molecular complexity index is 629. The van der Waals surface area contributed by atoms with E-state index in [-0.39, 0.29) is 0 Å². The summed E-state index contributed by atoms with van der Waals surface area (Å²) in [7, 11) is 0. The average molecular weight is 219 g/mol. The molecule has 1 nitrogen and oxygen atoms in total. The minimum absolute atomic E-state index is 0.811. The molecule has 82 valence electrons. The molecule has 0 heterocycles. The molecule has 1 aliphatic carbocycles. The van der Waals surface area contributed by atoms with Crippen molar-refractivity contribution < 1.29 is 0 Å². The smallest absolute Gasteiger partial charge is 0.0406 e. The Morgan fingerprint density at radius 3 is 2.82 bits per heavy atom. The predicted molar refractivity (Wildman–Crippen MR) is 71.5 cm³/mol. The number of anilines is 1. The fraction of sp³-hybridized carbons (Fsp3) is 0.125. The van der Waals surface area contributed by atoms with Gasteiger partial charge in [0.05, 0.1) is 0 Å². The van der Waals surface area contributed by atoms with E-state index in [1.165, 1.54) is 11.1 Å². The molecule has 0 aromatic heterocycles. The van der Waals surface area contributed by atoms with Crippen molar-refractivity contribution in [3.05, 3.63) is 53.6 Å². The Morgan fingerprint density at radius 2 is 1.88 bits per heavy atom. The van der Waals surface area contributed by atoms with Crippen molar-refractivity contribution in [3.63, 3.8) is 0 Å². The van der Waals surface area contributed by atoms with E-state index >= 15 is 0 Å². The van der Waals surface area contributed by atoms with Gasteiger partial charge >= 0.3 is 0 Å². The van der Waals surface area contributed by atoms with Crippen LogP contribution in [0, 0.1) is 11.8 Å². The van der Waals surface area contributed by atoms with Crippen molar-refractivity contribution in [2.24, 2.45) is 0 Å². The van der Waals surface area contributed by atoms with Gasteiger partial charge in [-0.2, -0.15) is 0 Å². The molecule has 1 aliphatic rings. The van der Waals surface area contributed by atoms with E-state index in [1.54, 1.807) is 0 Å². The van der Waals surface area contributed by atoms with Gasteiger partial charge in [-0.05, 0) is 29.7 Å². The first kappa shape index (κ1) is 9.99. The van der Waals surface area contributed by atoms with Gasteiger partial charge in [0.2, 0.25) is 0 Å². The van der Waals surface area contributed by atoms with Crippen LogP contribution in [-0.2, 0) is 6.42 Å². The minimum atomic E-state index is 0.811. The van der Waals surface area contributed by atoms with Crippen LogP contribution in [0.5, 0.6) is 0 Å². The monoisotopic (exact) mass is 219 g/mol. The lowest BCUT2D eigenvalue weighted by Crippen LogP contribution is -1.98. The Balaban J connectivity index is 2.36. The third-order valence-electron chi connectivity index (χ3n) is 3.13. The standard InChI is InChI=1S/C16H13N/c17-15-11-5-9-13-8-2-1-6-12-7-3-4-10-14(12)16(13)15/h3-5,7,9-11H,1,6,17H2. The van der Waals surface area contributed by atoms with Crippen LogP contribution in [-0.4, -0.2) is 0 Å². The average Bonchev–Trinajstić information content (AvgIpc) is 2.32. The topological polar surface area (TPSA) is 26.0 Å². The summed E-state index contributed by atoms with van der Waals surface area (Å²) < 4.78 is 0. The number of aryl methyl sites for hydroxylation is 1. The number of nitrogen functional groups attached to an aromatic ring is 1. The van der Waals surface area contributed by atoms with Crippen LogP contribution >= 0.6 is 0 Å². The highest BCUT2D eigenvalue weighted by Gasteiger charge is 2.12. The second-order valence-electron chi connectivity index (χ2n) is 4.23. The molecule has 0 aliphatic heterocycles. The second-order valence-corrected chi connectivity index (χ2v) is 4.23. The quantitative estimate of drug-likeness (QED) is 0.534. The first-order chi connectivity index (χ1) is 8.36. The molecule has 2 N–H and O–H groups in total. The Labute approximate surface area is 101 Å². The van der Waals surface area contributed by atoms with Crippen molar-refractivity contribution in [2.45, 2.75) is 12.8 Å². The van der Waals surface area contributed by atoms with Crippen LogP contribution in [0.2, 0.25) is 0 Å². The summed E-state index contributed by atoms with van der Waals surface area (Å²) in [5, 5.41) is 0. The molecule has 0 saturated heterocycles. The molecule has 0 radical (unpaired) electrons. The molecule has 1 heteroatoms. The van der Waals surface area contributed by atoms with Crippen LogP contribution in [0.25, 0.3) is 11.1 Å². The van der Waals surface area contributed by atoms with Crippen molar-refractivity contribution in [3.8, 4) is 23.0 Å². The highest BCUT2D eigenvalue weighted by Crippen LogP contribution is 2.33. The molecular weight excluding hydrogens is 206 g/mol. The van der Waals surface area contributed by atoms with Gasteiger partial charge in [-0.3, -0.25) is 0 Å². The normalized spacial score (nSPS) is 12.5. The lowest BCUT2D eigenvalue weighted by molar-refractivity contribution is 1.03. The lowest BCUT2D eigenvalue weighted by Gasteiger charge is -2.14. The number of benzene rings is 2. The molecule has 0 unspecified atom stereocenters. The van der Waals surface area contributed by atoms with E-state index in [1.807, 2.05) is 18.2 Å². The molecule has 2 aromatic rings. The third kappa shape index (κ3) is 1.68. The van der Waals surface area contributed by atoms with Crippen LogP contribution in [0.4, 0.5) is 5.69 Å². The third-order valence-corrected chi connectivity index (χ3v) is 3.13. The van der Waals surface area contributed by atoms with Crippen LogP contribution < -0.4 is 5.73 Å². The molecule has 0 amide bonds. The van der Waals surface area contributed by atoms with Gasteiger partial charge in [-0.15, -0.1) is 0 Å². The molecule has 2 aromatic carbocycles. The molecule has 0 bridgehead atoms. The van der Waals surface area contributed by atoms with Crippen molar-refractivity contribution in [1.29, 1.82) is 0 Å². The van der Waals surface area contributed by atoms with Crippen LogP contribution in [0.15, 0.2) is 42.5 Å². The predicted octanol–water partition coefficient (Wildman–Crippen LogP) is 3.23. The molecule has 0 fully saturated rings. The van der Waals surface area contributed by atoms with Crippen molar-refractivity contribution in [1.82, 2.24) is 0 Å². The van der Waals surface area contributed by atoms with E-state index in [9.17, 15) is 0 Å². The Hall–Kier alpha value is -2.20. The molecule has 3 rings (SSSR count). The van der Waals surface area contributed by atoms with E-state index in [0.717, 1.165) is 29.7 Å². The van der Waals surface area contributed by atoms with Gasteiger partial charge in [0, 0.05) is 23.2 Å². The molecule has 17 heavy (non-hydrogen) atoms. The van der Waals surface area contributed by atoms with E-state index < -0.39 is 0 Å². The van der Waals surface area contributed by atoms with Crippen LogP contribution in [0.1, 0.15) is 17.5 Å². The Morgan fingerprint density at radius 1 is 1.00 bits per heavy atom. The maximum absolute atomic E-state index is 6.11.